The fourth-order valence-corrected chi connectivity index (χ4v) is 3.28. The second kappa shape index (κ2) is 6.25. The molecular weight excluding hydrogens is 238 g/mol. The van der Waals surface area contributed by atoms with Crippen LogP contribution < -0.4 is 0 Å². The van der Waals surface area contributed by atoms with E-state index in [4.69, 9.17) is 4.74 Å². The van der Waals surface area contributed by atoms with Crippen LogP contribution in [0.3, 0.4) is 0 Å². The van der Waals surface area contributed by atoms with Gasteiger partial charge in [-0.1, -0.05) is 20.8 Å². The summed E-state index contributed by atoms with van der Waals surface area (Å²) in [7, 11) is 4.19. The number of rotatable bonds is 4. The first-order chi connectivity index (χ1) is 8.71. The van der Waals surface area contributed by atoms with Crippen LogP contribution in [-0.2, 0) is 9.53 Å². The molecule has 1 fully saturated rings. The van der Waals surface area contributed by atoms with Crippen molar-refractivity contribution in [3.05, 3.63) is 0 Å². The van der Waals surface area contributed by atoms with Crippen LogP contribution in [0.4, 0.5) is 0 Å². The van der Waals surface area contributed by atoms with Gasteiger partial charge in [0.25, 0.3) is 0 Å². The quantitative estimate of drug-likeness (QED) is 0.732. The van der Waals surface area contributed by atoms with E-state index in [1.807, 2.05) is 6.92 Å². The van der Waals surface area contributed by atoms with Gasteiger partial charge in [0.05, 0.1) is 13.0 Å². The minimum absolute atomic E-state index is 0.00794. The Labute approximate surface area is 118 Å². The van der Waals surface area contributed by atoms with E-state index < -0.39 is 0 Å². The molecule has 0 bridgehead atoms. The summed E-state index contributed by atoms with van der Waals surface area (Å²) >= 11 is 0. The minimum Gasteiger partial charge on any atom is -0.466 e. The molecule has 0 heterocycles. The third kappa shape index (κ3) is 4.20. The first kappa shape index (κ1) is 16.5. The maximum absolute atomic E-state index is 11.9. The Morgan fingerprint density at radius 2 is 1.79 bits per heavy atom. The van der Waals surface area contributed by atoms with Crippen LogP contribution in [0.25, 0.3) is 0 Å². The predicted octanol–water partition coefficient (Wildman–Crippen LogP) is 3.48. The molecule has 0 saturated heterocycles. The number of ether oxygens (including phenoxy) is 1. The fraction of sp³-hybridized carbons (Fsp3) is 0.938. The van der Waals surface area contributed by atoms with Crippen molar-refractivity contribution in [3.63, 3.8) is 0 Å². The summed E-state index contributed by atoms with van der Waals surface area (Å²) in [5.41, 5.74) is 0.385. The molecule has 3 nitrogen and oxygen atoms in total. The van der Waals surface area contributed by atoms with Crippen molar-refractivity contribution in [2.24, 2.45) is 11.3 Å². The molecule has 0 unspecified atom stereocenters. The van der Waals surface area contributed by atoms with Crippen LogP contribution in [0.2, 0.25) is 0 Å². The summed E-state index contributed by atoms with van der Waals surface area (Å²) < 4.78 is 5.15. The molecule has 0 N–H and O–H groups in total. The molecule has 1 aliphatic carbocycles. The second-order valence-corrected chi connectivity index (χ2v) is 7.24. The van der Waals surface area contributed by atoms with Gasteiger partial charge in [0.15, 0.2) is 0 Å². The van der Waals surface area contributed by atoms with Crippen molar-refractivity contribution in [1.82, 2.24) is 4.90 Å². The zero-order valence-electron chi connectivity index (χ0n) is 13.6. The Bertz CT molecular complexity index is 296. The summed E-state index contributed by atoms with van der Waals surface area (Å²) in [4.78, 5) is 14.1. The number of carbonyl (C=O) groups excluding carboxylic acids is 1. The van der Waals surface area contributed by atoms with Gasteiger partial charge in [0.1, 0.15) is 0 Å². The molecule has 1 rings (SSSR count). The van der Waals surface area contributed by atoms with Crippen LogP contribution >= 0.6 is 0 Å². The van der Waals surface area contributed by atoms with E-state index in [0.29, 0.717) is 18.4 Å². The summed E-state index contributed by atoms with van der Waals surface area (Å²) in [6.07, 6.45) is 5.15. The zero-order chi connectivity index (χ0) is 14.7. The molecule has 0 aromatic rings. The monoisotopic (exact) mass is 269 g/mol. The lowest BCUT2D eigenvalue weighted by molar-refractivity contribution is -0.147. The first-order valence-corrected chi connectivity index (χ1v) is 7.54. The van der Waals surface area contributed by atoms with Crippen molar-refractivity contribution < 1.29 is 9.53 Å². The van der Waals surface area contributed by atoms with E-state index >= 15 is 0 Å². The van der Waals surface area contributed by atoms with E-state index in [9.17, 15) is 4.79 Å². The molecule has 0 radical (unpaired) electrons. The number of hydrogen-bond donors (Lipinski definition) is 0. The van der Waals surface area contributed by atoms with Gasteiger partial charge in [-0.05, 0) is 58.0 Å². The van der Waals surface area contributed by atoms with Crippen molar-refractivity contribution in [1.29, 1.82) is 0 Å². The molecule has 0 aromatic heterocycles. The Kier molecular flexibility index (Phi) is 5.43. The van der Waals surface area contributed by atoms with Gasteiger partial charge in [-0.15, -0.1) is 0 Å². The minimum atomic E-state index is -0.0505. The van der Waals surface area contributed by atoms with Gasteiger partial charge < -0.3 is 9.64 Å². The Morgan fingerprint density at radius 1 is 1.26 bits per heavy atom. The molecule has 0 spiro atoms. The molecule has 1 saturated carbocycles. The normalized spacial score (nSPS) is 28.5. The summed E-state index contributed by atoms with van der Waals surface area (Å²) in [6.45, 7) is 9.33. The van der Waals surface area contributed by atoms with Crippen LogP contribution in [0.5, 0.6) is 0 Å². The van der Waals surface area contributed by atoms with Gasteiger partial charge in [-0.25, -0.2) is 0 Å². The maximum Gasteiger partial charge on any atom is 0.307 e. The predicted molar refractivity (Wildman–Crippen MR) is 79.1 cm³/mol. The highest BCUT2D eigenvalue weighted by atomic mass is 16.5. The standard InChI is InChI=1S/C16H31NO2/c1-7-19-14(18)12-16(17(5)6)10-8-13(9-11-16)15(2,3)4/h13H,7-12H2,1-6H3. The van der Waals surface area contributed by atoms with E-state index in [-0.39, 0.29) is 11.5 Å². The lowest BCUT2D eigenvalue weighted by Crippen LogP contribution is -2.49. The zero-order valence-corrected chi connectivity index (χ0v) is 13.6. The van der Waals surface area contributed by atoms with Crippen molar-refractivity contribution in [2.75, 3.05) is 20.7 Å². The molecule has 1 aliphatic rings. The molecule has 0 atom stereocenters. The Hall–Kier alpha value is -0.570. The van der Waals surface area contributed by atoms with Crippen molar-refractivity contribution >= 4 is 5.97 Å². The van der Waals surface area contributed by atoms with Gasteiger partial charge >= 0.3 is 5.97 Å². The fourth-order valence-electron chi connectivity index (χ4n) is 3.28. The number of carbonyl (C=O) groups is 1. The number of hydrogen-bond acceptors (Lipinski definition) is 3. The topological polar surface area (TPSA) is 29.5 Å². The van der Waals surface area contributed by atoms with Crippen LogP contribution in [-0.4, -0.2) is 37.1 Å². The smallest absolute Gasteiger partial charge is 0.307 e. The van der Waals surface area contributed by atoms with E-state index in [1.54, 1.807) is 0 Å². The molecule has 3 heteroatoms. The Morgan fingerprint density at radius 3 is 2.16 bits per heavy atom. The summed E-state index contributed by atoms with van der Waals surface area (Å²) in [5.74, 6) is 0.716. The highest BCUT2D eigenvalue weighted by molar-refractivity contribution is 5.71. The van der Waals surface area contributed by atoms with Gasteiger partial charge in [-0.2, -0.15) is 0 Å². The van der Waals surface area contributed by atoms with E-state index in [0.717, 1.165) is 18.8 Å². The van der Waals surface area contributed by atoms with Crippen molar-refractivity contribution in [2.45, 2.75) is 65.3 Å². The highest BCUT2D eigenvalue weighted by Gasteiger charge is 2.41. The van der Waals surface area contributed by atoms with Crippen LogP contribution in [0, 0.1) is 11.3 Å². The average molecular weight is 269 g/mol. The highest BCUT2D eigenvalue weighted by Crippen LogP contribution is 2.44. The van der Waals surface area contributed by atoms with Crippen molar-refractivity contribution in [3.8, 4) is 0 Å². The van der Waals surface area contributed by atoms with E-state index in [1.165, 1.54) is 12.8 Å². The first-order valence-electron chi connectivity index (χ1n) is 7.54. The molecule has 0 aromatic carbocycles. The number of nitrogens with zero attached hydrogens (tertiary/aromatic N) is 1. The average Bonchev–Trinajstić information content (AvgIpc) is 2.28. The second-order valence-electron chi connectivity index (χ2n) is 7.24. The third-order valence-electron chi connectivity index (χ3n) is 4.87. The lowest BCUT2D eigenvalue weighted by Gasteiger charge is -2.47. The molecular formula is C16H31NO2. The molecule has 19 heavy (non-hydrogen) atoms. The van der Waals surface area contributed by atoms with Crippen LogP contribution in [0.15, 0.2) is 0 Å². The molecule has 0 amide bonds. The number of esters is 1. The van der Waals surface area contributed by atoms with E-state index in [2.05, 4.69) is 39.8 Å². The lowest BCUT2D eigenvalue weighted by atomic mass is 9.66. The molecule has 112 valence electrons. The Balaban J connectivity index is 2.69. The van der Waals surface area contributed by atoms with Gasteiger partial charge in [0.2, 0.25) is 0 Å². The van der Waals surface area contributed by atoms with Gasteiger partial charge in [0, 0.05) is 5.54 Å². The summed E-state index contributed by atoms with van der Waals surface area (Å²) in [6, 6.07) is 0. The largest absolute Gasteiger partial charge is 0.466 e. The molecule has 0 aliphatic heterocycles. The third-order valence-corrected chi connectivity index (χ3v) is 4.87. The maximum atomic E-state index is 11.9. The SMILES string of the molecule is CCOC(=O)CC1(N(C)C)CCC(C(C)(C)C)CC1. The van der Waals surface area contributed by atoms with Gasteiger partial charge in [-0.3, -0.25) is 4.79 Å². The summed E-state index contributed by atoms with van der Waals surface area (Å²) in [5, 5.41) is 0. The van der Waals surface area contributed by atoms with Crippen LogP contribution in [0.1, 0.15) is 59.8 Å².